The number of aromatic nitrogens is 1. The number of nitrogens with zero attached hydrogens (tertiary/aromatic N) is 3. The first-order valence-corrected chi connectivity index (χ1v) is 24.8. The fraction of sp³-hybridized carbons (Fsp3) is 0.333. The van der Waals surface area contributed by atoms with E-state index in [1.807, 2.05) is 98.8 Å². The number of allylic oxidation sites excluding steroid dienone is 3. The number of carbonyl (C=O) groups excluding carboxylic acids is 1. The highest BCUT2D eigenvalue weighted by molar-refractivity contribution is 6.59. The molecule has 1 aromatic heterocycles. The molecule has 7 rings (SSSR count). The minimum Gasteiger partial charge on any atom is -0.497 e. The number of nitro groups is 1. The number of fused-ring (bicyclic) bond motifs is 2. The van der Waals surface area contributed by atoms with Crippen LogP contribution in [-0.4, -0.2) is 113 Å². The first-order chi connectivity index (χ1) is 35.5. The Morgan fingerprint density at radius 3 is 1.82 bits per heavy atom. The zero-order valence-corrected chi connectivity index (χ0v) is 42.9. The van der Waals surface area contributed by atoms with Gasteiger partial charge in [0, 0.05) is 66.6 Å². The maximum atomic E-state index is 19.8. The Balaban J connectivity index is 1.32. The van der Waals surface area contributed by atoms with Crippen LogP contribution in [0.5, 0.6) is 11.5 Å². The Hall–Kier alpha value is -6.95. The topological polar surface area (TPSA) is 145 Å². The number of carbonyl (C=O) groups is 1. The Labute approximate surface area is 427 Å². The second-order valence-corrected chi connectivity index (χ2v) is 17.5. The zero-order chi connectivity index (χ0) is 51.9. The number of nitro benzene ring substituents is 1. The maximum Gasteiger partial charge on any atom is 0.702 e. The first kappa shape index (κ1) is 53.8. The lowest BCUT2D eigenvalue weighted by Crippen LogP contribution is -2.58. The summed E-state index contributed by atoms with van der Waals surface area (Å²) >= 11 is 0. The molecule has 73 heavy (non-hydrogen) atoms. The minimum absolute atomic E-state index is 0.0121. The van der Waals surface area contributed by atoms with Gasteiger partial charge in [0.2, 0.25) is 0 Å². The van der Waals surface area contributed by atoms with E-state index in [0.717, 1.165) is 61.6 Å². The molecule has 384 valence electrons. The Morgan fingerprint density at radius 1 is 0.726 bits per heavy atom. The van der Waals surface area contributed by atoms with Crippen molar-refractivity contribution in [1.82, 2.24) is 9.79 Å². The van der Waals surface area contributed by atoms with Crippen LogP contribution < -0.4 is 14.8 Å². The van der Waals surface area contributed by atoms with Gasteiger partial charge in [0.15, 0.2) is 11.4 Å². The van der Waals surface area contributed by atoms with Crippen LogP contribution >= 0.6 is 0 Å². The van der Waals surface area contributed by atoms with Crippen LogP contribution in [0.1, 0.15) is 82.3 Å². The van der Waals surface area contributed by atoms with Gasteiger partial charge in [0.05, 0.1) is 71.0 Å². The monoisotopic (exact) mass is 996 g/mol. The molecule has 0 saturated carbocycles. The third-order valence-electron chi connectivity index (χ3n) is 13.2. The van der Waals surface area contributed by atoms with E-state index in [0.29, 0.717) is 87.2 Å². The lowest BCUT2D eigenvalue weighted by Gasteiger charge is -2.39. The van der Waals surface area contributed by atoms with Crippen LogP contribution in [0.15, 0.2) is 120 Å². The van der Waals surface area contributed by atoms with E-state index in [-0.39, 0.29) is 31.4 Å². The second kappa shape index (κ2) is 25.6. The number of halogens is 1. The van der Waals surface area contributed by atoms with Gasteiger partial charge in [0.25, 0.3) is 11.6 Å². The van der Waals surface area contributed by atoms with E-state index in [1.165, 1.54) is 12.1 Å². The van der Waals surface area contributed by atoms with Crippen molar-refractivity contribution in [3.63, 3.8) is 0 Å². The molecule has 16 heteroatoms. The van der Waals surface area contributed by atoms with Gasteiger partial charge in [-0.05, 0) is 115 Å². The van der Waals surface area contributed by atoms with Gasteiger partial charge in [0.1, 0.15) is 11.5 Å². The van der Waals surface area contributed by atoms with Gasteiger partial charge in [-0.25, -0.2) is 0 Å². The second-order valence-electron chi connectivity index (χ2n) is 17.5. The van der Waals surface area contributed by atoms with Crippen LogP contribution in [0, 0.1) is 17.0 Å². The number of amides is 1. The van der Waals surface area contributed by atoms with E-state index in [9.17, 15) is 14.9 Å². The summed E-state index contributed by atoms with van der Waals surface area (Å²) in [6.45, 7) is 7.46. The normalized spacial score (nSPS) is 15.5. The van der Waals surface area contributed by atoms with Crippen molar-refractivity contribution in [2.75, 3.05) is 80.7 Å². The summed E-state index contributed by atoms with van der Waals surface area (Å²) < 4.78 is 63.1. The number of hydrogen-bond donors (Lipinski definition) is 1. The molecule has 3 heterocycles. The molecule has 1 amide bonds. The number of hydrogen-bond acceptors (Lipinski definition) is 10. The highest BCUT2D eigenvalue weighted by atomic mass is 19.1. The number of ether oxygens (including phenoxy) is 6. The van der Waals surface area contributed by atoms with Crippen molar-refractivity contribution in [2.45, 2.75) is 47.0 Å². The smallest absolute Gasteiger partial charge is 0.497 e. The van der Waals surface area contributed by atoms with E-state index in [1.54, 1.807) is 54.6 Å². The Morgan fingerprint density at radius 2 is 1.29 bits per heavy atom. The molecule has 0 spiro atoms. The standard InChI is InChI=1S/C57H66BFN4O10/c1-8-50-40(3)55-54(45-18-20-46(21-19-45)57(64)60-31-30-44-10-22-47(23-11-44)63(65)66)56-41(4)51(9-2)53(29-17-43-14-26-49(69-7)27-15-43)62(56)58(59,73-39-38-72-37-36-71-35-34-70-33-32-67-5)61(55)52(50)28-16-42-12-24-48(68-6)25-13-42/h10-29H,8-9,30-39H2,1-7H3,(H,60,64)/b28-16+,29-17+. The summed E-state index contributed by atoms with van der Waals surface area (Å²) in [5, 5.41) is 14.1. The van der Waals surface area contributed by atoms with Crippen molar-refractivity contribution in [1.29, 1.82) is 0 Å². The number of rotatable bonds is 27. The largest absolute Gasteiger partial charge is 0.702 e. The van der Waals surface area contributed by atoms with Crippen molar-refractivity contribution in [2.24, 2.45) is 0 Å². The molecule has 0 fully saturated rings. The summed E-state index contributed by atoms with van der Waals surface area (Å²) in [7, 11) is 4.88. The van der Waals surface area contributed by atoms with Crippen LogP contribution in [0.25, 0.3) is 23.8 Å². The summed E-state index contributed by atoms with van der Waals surface area (Å²) in [6.07, 6.45) is 9.61. The predicted octanol–water partition coefficient (Wildman–Crippen LogP) is 10.1. The molecule has 0 saturated heterocycles. The summed E-state index contributed by atoms with van der Waals surface area (Å²) in [5.41, 5.74) is 11.2. The van der Waals surface area contributed by atoms with Crippen LogP contribution in [0.3, 0.4) is 0 Å². The van der Waals surface area contributed by atoms with Gasteiger partial charge in [-0.15, -0.1) is 0 Å². The zero-order valence-electron chi connectivity index (χ0n) is 42.9. The molecule has 0 aliphatic carbocycles. The third-order valence-corrected chi connectivity index (χ3v) is 13.2. The summed E-state index contributed by atoms with van der Waals surface area (Å²) in [5.74, 6) is 1.19. The number of methoxy groups -OCH3 is 3. The van der Waals surface area contributed by atoms with Gasteiger partial charge in [-0.1, -0.05) is 68.5 Å². The average Bonchev–Trinajstić information content (AvgIpc) is 3.87. The first-order valence-electron chi connectivity index (χ1n) is 24.8. The lowest BCUT2D eigenvalue weighted by atomic mass is 9.81. The van der Waals surface area contributed by atoms with E-state index in [4.69, 9.17) is 33.1 Å². The van der Waals surface area contributed by atoms with Gasteiger partial charge in [-0.2, -0.15) is 0 Å². The molecule has 1 N–H and O–H groups in total. The van der Waals surface area contributed by atoms with Crippen molar-refractivity contribution in [3.05, 3.63) is 180 Å². The van der Waals surface area contributed by atoms with Crippen molar-refractivity contribution >= 4 is 48.0 Å². The maximum absolute atomic E-state index is 19.8. The Bertz CT molecular complexity index is 2870. The highest BCUT2D eigenvalue weighted by Crippen LogP contribution is 2.48. The van der Waals surface area contributed by atoms with Gasteiger partial charge in [-0.3, -0.25) is 14.9 Å². The molecule has 4 aromatic carbocycles. The van der Waals surface area contributed by atoms with Crippen LogP contribution in [-0.2, 0) is 36.4 Å². The molecule has 14 nitrogen and oxygen atoms in total. The van der Waals surface area contributed by atoms with E-state index in [2.05, 4.69) is 19.2 Å². The number of non-ortho nitro benzene ring substituents is 1. The highest BCUT2D eigenvalue weighted by Gasteiger charge is 2.58. The summed E-state index contributed by atoms with van der Waals surface area (Å²) in [6, 6.07) is 29.1. The molecule has 1 atom stereocenters. The molecular formula is C57H66BFN4O10. The van der Waals surface area contributed by atoms with Gasteiger partial charge < -0.3 is 51.7 Å². The predicted molar refractivity (Wildman–Crippen MR) is 285 cm³/mol. The minimum atomic E-state index is -3.62. The molecule has 0 bridgehead atoms. The fourth-order valence-corrected chi connectivity index (χ4v) is 9.46. The average molecular weight is 997 g/mol. The fourth-order valence-electron chi connectivity index (χ4n) is 9.46. The quantitative estimate of drug-likeness (QED) is 0.0234. The number of benzene rings is 4. The van der Waals surface area contributed by atoms with Crippen molar-refractivity contribution < 1.29 is 51.6 Å². The third kappa shape index (κ3) is 12.5. The Kier molecular flexibility index (Phi) is 18.9. The molecular weight excluding hydrogens is 930 g/mol. The summed E-state index contributed by atoms with van der Waals surface area (Å²) in [4.78, 5) is 24.3. The van der Waals surface area contributed by atoms with Crippen molar-refractivity contribution in [3.8, 4) is 11.5 Å². The van der Waals surface area contributed by atoms with E-state index >= 15 is 4.32 Å². The van der Waals surface area contributed by atoms with Crippen LogP contribution in [0.4, 0.5) is 10.0 Å². The molecule has 2 aliphatic heterocycles. The van der Waals surface area contributed by atoms with Crippen LogP contribution in [0.2, 0.25) is 0 Å². The molecule has 5 aromatic rings. The number of nitrogens with one attached hydrogen (secondary N) is 1. The SMILES string of the molecule is CCC1=C(C)C2=C(c3ccc(C(=O)NCCc4ccc([N+](=O)[O-])cc4)cc3)c3c(C)c(CC)c(/C=C/c4ccc(OC)cc4)n3[B-](F)(OCCOCCOCCOCCOC)[N+]2=C1/C=C/c1ccc(OC)cc1. The van der Waals surface area contributed by atoms with Gasteiger partial charge >= 0.3 is 6.90 Å². The molecule has 1 unspecified atom stereocenters. The molecule has 2 aliphatic rings. The van der Waals surface area contributed by atoms with E-state index < -0.39 is 11.8 Å². The lowest BCUT2D eigenvalue weighted by molar-refractivity contribution is -0.384. The molecule has 0 radical (unpaired) electrons.